The van der Waals surface area contributed by atoms with Gasteiger partial charge in [0.15, 0.2) is 17.0 Å². The highest BCUT2D eigenvalue weighted by atomic mass is 35.5. The fourth-order valence-corrected chi connectivity index (χ4v) is 3.33. The van der Waals surface area contributed by atoms with Crippen molar-refractivity contribution in [2.24, 2.45) is 0 Å². The van der Waals surface area contributed by atoms with Crippen molar-refractivity contribution in [3.8, 4) is 11.5 Å². The highest BCUT2D eigenvalue weighted by Gasteiger charge is 2.26. The van der Waals surface area contributed by atoms with Gasteiger partial charge >= 0.3 is 0 Å². The normalized spacial score (nSPS) is 13.8. The van der Waals surface area contributed by atoms with Crippen LogP contribution < -0.4 is 9.47 Å². The topological polar surface area (TPSA) is 49.2 Å². The van der Waals surface area contributed by atoms with Gasteiger partial charge in [0, 0.05) is 5.92 Å². The smallest absolute Gasteiger partial charge is 0.167 e. The molecule has 0 unspecified atom stereocenters. The number of nitrogens with zero attached hydrogens (tertiary/aromatic N) is 3. The molecule has 0 spiro atoms. The van der Waals surface area contributed by atoms with Crippen LogP contribution in [0.2, 0.25) is 10.3 Å². The zero-order valence-corrected chi connectivity index (χ0v) is 15.5. The second kappa shape index (κ2) is 7.23. The molecule has 25 heavy (non-hydrogen) atoms. The van der Waals surface area contributed by atoms with Gasteiger partial charge in [-0.05, 0) is 54.7 Å². The van der Waals surface area contributed by atoms with E-state index in [1.807, 2.05) is 24.3 Å². The molecule has 0 amide bonds. The molecule has 1 aliphatic rings. The van der Waals surface area contributed by atoms with E-state index in [1.165, 1.54) is 36.4 Å². The first-order valence-corrected chi connectivity index (χ1v) is 9.39. The molecular weight excluding hydrogens is 381 g/mol. The first-order valence-electron chi connectivity index (χ1n) is 7.86. The van der Waals surface area contributed by atoms with E-state index in [2.05, 4.69) is 15.4 Å². The first kappa shape index (κ1) is 16.7. The summed E-state index contributed by atoms with van der Waals surface area (Å²) in [5.74, 6) is 2.18. The summed E-state index contributed by atoms with van der Waals surface area (Å²) in [5, 5.41) is 0.624. The molecule has 1 aliphatic carbocycles. The summed E-state index contributed by atoms with van der Waals surface area (Å²) in [6.45, 7) is 0.775. The Kier molecular flexibility index (Phi) is 4.83. The summed E-state index contributed by atoms with van der Waals surface area (Å²) in [6.07, 6.45) is 4.07. The van der Waals surface area contributed by atoms with Crippen LogP contribution >= 0.6 is 34.7 Å². The van der Waals surface area contributed by atoms with Gasteiger partial charge in [0.25, 0.3) is 0 Å². The van der Waals surface area contributed by atoms with E-state index in [1.54, 1.807) is 4.57 Å². The van der Waals surface area contributed by atoms with Gasteiger partial charge in [-0.1, -0.05) is 23.2 Å². The molecule has 2 aromatic heterocycles. The Morgan fingerprint density at radius 3 is 2.48 bits per heavy atom. The summed E-state index contributed by atoms with van der Waals surface area (Å²) in [6, 6.07) is 9.61. The van der Waals surface area contributed by atoms with Gasteiger partial charge in [-0.3, -0.25) is 4.57 Å². The van der Waals surface area contributed by atoms with Crippen molar-refractivity contribution in [2.45, 2.75) is 32.1 Å². The van der Waals surface area contributed by atoms with E-state index in [-0.39, 0.29) is 11.9 Å². The highest BCUT2D eigenvalue weighted by molar-refractivity contribution is 7.05. The van der Waals surface area contributed by atoms with Gasteiger partial charge in [-0.25, -0.2) is 4.98 Å². The van der Waals surface area contributed by atoms with Crippen molar-refractivity contribution in [3.63, 3.8) is 0 Å². The lowest BCUT2D eigenvalue weighted by atomic mass is 10.3. The average molecular weight is 396 g/mol. The van der Waals surface area contributed by atoms with Crippen LogP contribution in [0.5, 0.6) is 11.5 Å². The molecule has 1 fully saturated rings. The number of aromatic nitrogens is 3. The van der Waals surface area contributed by atoms with Crippen molar-refractivity contribution < 1.29 is 9.47 Å². The fraction of sp³-hybridized carbons (Fsp3) is 0.294. The second-order valence-corrected chi connectivity index (χ2v) is 7.43. The predicted molar refractivity (Wildman–Crippen MR) is 97.7 cm³/mol. The maximum Gasteiger partial charge on any atom is 0.167 e. The summed E-state index contributed by atoms with van der Waals surface area (Å²) in [5.41, 5.74) is 1.21. The molecule has 0 bridgehead atoms. The fourth-order valence-electron chi connectivity index (χ4n) is 2.33. The molecule has 0 aliphatic heterocycles. The molecule has 5 nitrogen and oxygen atoms in total. The summed E-state index contributed by atoms with van der Waals surface area (Å²) in [7, 11) is 0. The van der Waals surface area contributed by atoms with Crippen LogP contribution in [0.1, 0.15) is 29.3 Å². The number of hydrogen-bond acceptors (Lipinski definition) is 5. The molecule has 1 aromatic carbocycles. The molecule has 130 valence electrons. The number of hydrogen-bond donors (Lipinski definition) is 0. The van der Waals surface area contributed by atoms with E-state index in [9.17, 15) is 0 Å². The molecule has 4 rings (SSSR count). The quantitative estimate of drug-likeness (QED) is 0.555. The number of ether oxygens (including phenoxy) is 2. The molecule has 0 saturated heterocycles. The zero-order valence-electron chi connectivity index (χ0n) is 13.2. The Bertz CT molecular complexity index is 859. The largest absolute Gasteiger partial charge is 0.488 e. The van der Waals surface area contributed by atoms with Crippen LogP contribution in [-0.4, -0.2) is 13.9 Å². The van der Waals surface area contributed by atoms with Crippen LogP contribution in [0.25, 0.3) is 0 Å². The van der Waals surface area contributed by atoms with Crippen LogP contribution in [0.15, 0.2) is 36.7 Å². The molecule has 3 aromatic rings. The first-order chi connectivity index (χ1) is 12.2. The van der Waals surface area contributed by atoms with Crippen molar-refractivity contribution in [1.82, 2.24) is 13.9 Å². The predicted octanol–water partition coefficient (Wildman–Crippen LogP) is 5.14. The highest BCUT2D eigenvalue weighted by Crippen LogP contribution is 2.40. The minimum Gasteiger partial charge on any atom is -0.488 e. The van der Waals surface area contributed by atoms with Gasteiger partial charge in [-0.15, -0.1) is 0 Å². The van der Waals surface area contributed by atoms with E-state index in [0.717, 1.165) is 10.6 Å². The van der Waals surface area contributed by atoms with Crippen LogP contribution in [0.4, 0.5) is 0 Å². The molecule has 0 N–H and O–H groups in total. The zero-order chi connectivity index (χ0) is 17.2. The number of imidazole rings is 1. The Morgan fingerprint density at radius 2 is 1.84 bits per heavy atom. The summed E-state index contributed by atoms with van der Waals surface area (Å²) >= 11 is 13.3. The van der Waals surface area contributed by atoms with Gasteiger partial charge < -0.3 is 9.47 Å². The third kappa shape index (κ3) is 4.08. The molecule has 0 atom stereocenters. The van der Waals surface area contributed by atoms with Crippen molar-refractivity contribution in [1.29, 1.82) is 0 Å². The number of halogens is 2. The molecular formula is C17H15Cl2N3O2S. The third-order valence-corrected chi connectivity index (χ3v) is 5.42. The van der Waals surface area contributed by atoms with Crippen LogP contribution in [0.3, 0.4) is 0 Å². The third-order valence-electron chi connectivity index (χ3n) is 3.88. The van der Waals surface area contributed by atoms with Gasteiger partial charge in [0.1, 0.15) is 24.4 Å². The van der Waals surface area contributed by atoms with E-state index >= 15 is 0 Å². The Morgan fingerprint density at radius 1 is 1.12 bits per heavy atom. The second-order valence-electron chi connectivity index (χ2n) is 5.82. The molecule has 2 heterocycles. The minimum absolute atomic E-state index is 0.240. The molecule has 0 radical (unpaired) electrons. The van der Waals surface area contributed by atoms with E-state index in [0.29, 0.717) is 23.4 Å². The lowest BCUT2D eigenvalue weighted by molar-refractivity contribution is 0.236. The summed E-state index contributed by atoms with van der Waals surface area (Å²) in [4.78, 5) is 5.05. The standard InChI is InChI=1S/C17H15Cl2N3O2S/c18-16-17(19)22(9-20-16)10-24-13-5-3-12(4-6-13)23-8-14-7-15(21-25-14)11-1-2-11/h3-7,9,11H,1-2,8,10H2. The minimum atomic E-state index is 0.240. The van der Waals surface area contributed by atoms with Crippen LogP contribution in [-0.2, 0) is 13.3 Å². The van der Waals surface area contributed by atoms with Gasteiger partial charge in [0.05, 0.1) is 10.6 Å². The maximum atomic E-state index is 5.99. The van der Waals surface area contributed by atoms with Crippen LogP contribution in [0, 0.1) is 0 Å². The molecule has 8 heteroatoms. The SMILES string of the molecule is Clc1ncn(COc2ccc(OCc3cc(C4CC4)ns3)cc2)c1Cl. The Hall–Kier alpha value is -1.76. The van der Waals surface area contributed by atoms with Gasteiger partial charge in [0.2, 0.25) is 0 Å². The van der Waals surface area contributed by atoms with Crippen molar-refractivity contribution >= 4 is 34.7 Å². The lowest BCUT2D eigenvalue weighted by Crippen LogP contribution is -2.03. The average Bonchev–Trinajstić information content (AvgIpc) is 3.30. The van der Waals surface area contributed by atoms with Crippen molar-refractivity contribution in [3.05, 3.63) is 57.5 Å². The van der Waals surface area contributed by atoms with E-state index in [4.69, 9.17) is 32.7 Å². The Balaban J connectivity index is 1.29. The Labute approximate surface area is 159 Å². The van der Waals surface area contributed by atoms with Gasteiger partial charge in [-0.2, -0.15) is 4.37 Å². The monoisotopic (exact) mass is 395 g/mol. The lowest BCUT2D eigenvalue weighted by Gasteiger charge is -2.09. The molecule has 1 saturated carbocycles. The van der Waals surface area contributed by atoms with Crippen molar-refractivity contribution in [2.75, 3.05) is 0 Å². The van der Waals surface area contributed by atoms with E-state index < -0.39 is 0 Å². The maximum absolute atomic E-state index is 5.99. The summed E-state index contributed by atoms with van der Waals surface area (Å²) < 4.78 is 17.6. The number of benzene rings is 1. The number of rotatable bonds is 7.